The van der Waals surface area contributed by atoms with E-state index in [1.165, 1.54) is 0 Å². The maximum atomic E-state index is 13.5. The number of ketones is 1. The van der Waals surface area contributed by atoms with E-state index in [4.69, 9.17) is 9.47 Å². The van der Waals surface area contributed by atoms with Gasteiger partial charge in [-0.2, -0.15) is 0 Å². The molecule has 1 aliphatic rings. The number of benzene rings is 3. The number of aromatic amines is 1. The van der Waals surface area contributed by atoms with Gasteiger partial charge in [-0.25, -0.2) is 4.79 Å². The minimum Gasteiger partial charge on any atom is -0.489 e. The molecule has 0 spiro atoms. The van der Waals surface area contributed by atoms with Crippen LogP contribution in [-0.2, 0) is 18.0 Å². The number of Topliss-reactive ketones (excluding diaryl/α,β-unsaturated/α-hetero) is 1. The van der Waals surface area contributed by atoms with Crippen molar-refractivity contribution in [3.8, 4) is 5.75 Å². The smallest absolute Gasteiger partial charge is 0.410 e. The Labute approximate surface area is 198 Å². The molecular formula is C28H26N2O4. The van der Waals surface area contributed by atoms with Gasteiger partial charge in [0.1, 0.15) is 19.0 Å². The predicted octanol–water partition coefficient (Wildman–Crippen LogP) is 5.73. The lowest BCUT2D eigenvalue weighted by molar-refractivity contribution is 0.0739. The van der Waals surface area contributed by atoms with Crippen molar-refractivity contribution in [1.82, 2.24) is 9.88 Å². The fraction of sp³-hybridized carbons (Fsp3) is 0.214. The van der Waals surface area contributed by atoms with Crippen molar-refractivity contribution in [2.24, 2.45) is 0 Å². The fourth-order valence-corrected chi connectivity index (χ4v) is 4.37. The molecule has 0 saturated carbocycles. The molecule has 34 heavy (non-hydrogen) atoms. The number of carbonyl (C=O) groups excluding carboxylic acids is 2. The van der Waals surface area contributed by atoms with Crippen LogP contribution < -0.4 is 4.74 Å². The summed E-state index contributed by atoms with van der Waals surface area (Å²) in [5.74, 6) is 0.608. The van der Waals surface area contributed by atoms with Gasteiger partial charge in [0.05, 0.1) is 6.04 Å². The molecule has 1 atom stereocenters. The molecular weight excluding hydrogens is 428 g/mol. The van der Waals surface area contributed by atoms with E-state index in [9.17, 15) is 9.59 Å². The molecule has 0 aliphatic carbocycles. The average molecular weight is 455 g/mol. The minimum absolute atomic E-state index is 0.0828. The number of likely N-dealkylation sites (tertiary alicyclic amines) is 1. The molecule has 4 aromatic rings. The quantitative estimate of drug-likeness (QED) is 0.362. The van der Waals surface area contributed by atoms with Crippen molar-refractivity contribution < 1.29 is 19.1 Å². The summed E-state index contributed by atoms with van der Waals surface area (Å²) in [7, 11) is 0. The third kappa shape index (κ3) is 4.66. The van der Waals surface area contributed by atoms with Crippen LogP contribution in [-0.4, -0.2) is 34.3 Å². The first-order chi connectivity index (χ1) is 16.7. The SMILES string of the molecule is O=C(c1c[nH]c2ccc(OCc3ccccc3)cc12)[C@H]1CCCN1C(=O)OCc1ccccc1. The van der Waals surface area contributed by atoms with Crippen LogP contribution in [0.1, 0.15) is 34.3 Å². The van der Waals surface area contributed by atoms with Crippen LogP contribution in [0.3, 0.4) is 0 Å². The second-order valence-corrected chi connectivity index (χ2v) is 8.44. The monoisotopic (exact) mass is 454 g/mol. The van der Waals surface area contributed by atoms with Gasteiger partial charge in [-0.3, -0.25) is 9.69 Å². The summed E-state index contributed by atoms with van der Waals surface area (Å²) >= 11 is 0. The van der Waals surface area contributed by atoms with Crippen LogP contribution in [0.5, 0.6) is 5.75 Å². The third-order valence-electron chi connectivity index (χ3n) is 6.16. The lowest BCUT2D eigenvalue weighted by Gasteiger charge is -2.23. The number of hydrogen-bond donors (Lipinski definition) is 1. The number of ether oxygens (including phenoxy) is 2. The molecule has 5 rings (SSSR count). The topological polar surface area (TPSA) is 71.6 Å². The molecule has 1 N–H and O–H groups in total. The van der Waals surface area contributed by atoms with Gasteiger partial charge in [0.15, 0.2) is 5.78 Å². The molecule has 1 fully saturated rings. The van der Waals surface area contributed by atoms with Crippen molar-refractivity contribution in [3.63, 3.8) is 0 Å². The molecule has 1 aliphatic heterocycles. The van der Waals surface area contributed by atoms with Gasteiger partial charge >= 0.3 is 6.09 Å². The van der Waals surface area contributed by atoms with Crippen LogP contribution in [0.2, 0.25) is 0 Å². The fourth-order valence-electron chi connectivity index (χ4n) is 4.37. The number of nitrogens with zero attached hydrogens (tertiary/aromatic N) is 1. The van der Waals surface area contributed by atoms with Crippen molar-refractivity contribution in [3.05, 3.63) is 102 Å². The zero-order chi connectivity index (χ0) is 23.3. The molecule has 1 amide bonds. The summed E-state index contributed by atoms with van der Waals surface area (Å²) in [6.07, 6.45) is 2.66. The Morgan fingerprint density at radius 2 is 1.62 bits per heavy atom. The number of nitrogens with one attached hydrogen (secondary N) is 1. The summed E-state index contributed by atoms with van der Waals surface area (Å²) in [4.78, 5) is 31.0. The van der Waals surface area contributed by atoms with E-state index in [0.717, 1.165) is 28.5 Å². The number of fused-ring (bicyclic) bond motifs is 1. The summed E-state index contributed by atoms with van der Waals surface area (Å²) in [5.41, 5.74) is 3.40. The van der Waals surface area contributed by atoms with E-state index >= 15 is 0 Å². The molecule has 1 saturated heterocycles. The standard InChI is InChI=1S/C28H26N2O4/c31-27(26-12-7-15-30(26)28(32)34-19-21-10-5-2-6-11-21)24-17-29-25-14-13-22(16-23(24)25)33-18-20-8-3-1-4-9-20/h1-6,8-11,13-14,16-17,26,29H,7,12,15,18-19H2/t26-/m1/s1. The van der Waals surface area contributed by atoms with E-state index < -0.39 is 12.1 Å². The maximum absolute atomic E-state index is 13.5. The van der Waals surface area contributed by atoms with Crippen molar-refractivity contribution >= 4 is 22.8 Å². The summed E-state index contributed by atoms with van der Waals surface area (Å²) in [6, 6.07) is 24.6. The zero-order valence-corrected chi connectivity index (χ0v) is 18.8. The second kappa shape index (κ2) is 9.83. The number of rotatable bonds is 7. The third-order valence-corrected chi connectivity index (χ3v) is 6.16. The Morgan fingerprint density at radius 1 is 0.912 bits per heavy atom. The van der Waals surface area contributed by atoms with Gasteiger partial charge in [0.2, 0.25) is 0 Å². The predicted molar refractivity (Wildman–Crippen MR) is 130 cm³/mol. The highest BCUT2D eigenvalue weighted by Gasteiger charge is 2.36. The van der Waals surface area contributed by atoms with E-state index in [2.05, 4.69) is 4.98 Å². The summed E-state index contributed by atoms with van der Waals surface area (Å²) in [6.45, 7) is 1.15. The largest absolute Gasteiger partial charge is 0.489 e. The second-order valence-electron chi connectivity index (χ2n) is 8.44. The molecule has 0 unspecified atom stereocenters. The normalized spacial score (nSPS) is 15.4. The van der Waals surface area contributed by atoms with Gasteiger partial charge in [0, 0.05) is 29.2 Å². The highest BCUT2D eigenvalue weighted by Crippen LogP contribution is 2.29. The van der Waals surface area contributed by atoms with Gasteiger partial charge in [-0.15, -0.1) is 0 Å². The molecule has 2 heterocycles. The van der Waals surface area contributed by atoms with E-state index in [0.29, 0.717) is 30.9 Å². The average Bonchev–Trinajstić information content (AvgIpc) is 3.54. The van der Waals surface area contributed by atoms with Crippen LogP contribution in [0.4, 0.5) is 4.79 Å². The number of amides is 1. The van der Waals surface area contributed by atoms with Crippen LogP contribution in [0.15, 0.2) is 85.1 Å². The van der Waals surface area contributed by atoms with E-state index in [1.807, 2.05) is 78.9 Å². The maximum Gasteiger partial charge on any atom is 0.410 e. The first kappa shape index (κ1) is 21.8. The van der Waals surface area contributed by atoms with Crippen LogP contribution in [0.25, 0.3) is 10.9 Å². The van der Waals surface area contributed by atoms with E-state index in [-0.39, 0.29) is 12.4 Å². The lowest BCUT2D eigenvalue weighted by atomic mass is 10.0. The number of carbonyl (C=O) groups is 2. The highest BCUT2D eigenvalue weighted by atomic mass is 16.6. The van der Waals surface area contributed by atoms with Crippen molar-refractivity contribution in [1.29, 1.82) is 0 Å². The number of hydrogen-bond acceptors (Lipinski definition) is 4. The Morgan fingerprint density at radius 3 is 2.35 bits per heavy atom. The summed E-state index contributed by atoms with van der Waals surface area (Å²) < 4.78 is 11.5. The first-order valence-electron chi connectivity index (χ1n) is 11.5. The molecule has 172 valence electrons. The Kier molecular flexibility index (Phi) is 6.29. The zero-order valence-electron chi connectivity index (χ0n) is 18.8. The first-order valence-corrected chi connectivity index (χ1v) is 11.5. The minimum atomic E-state index is -0.531. The summed E-state index contributed by atoms with van der Waals surface area (Å²) in [5, 5.41) is 0.792. The Hall–Kier alpha value is -4.06. The van der Waals surface area contributed by atoms with E-state index in [1.54, 1.807) is 11.1 Å². The molecule has 6 nitrogen and oxygen atoms in total. The van der Waals surface area contributed by atoms with Crippen molar-refractivity contribution in [2.75, 3.05) is 6.54 Å². The number of H-pyrrole nitrogens is 1. The molecule has 0 bridgehead atoms. The van der Waals surface area contributed by atoms with Gasteiger partial charge in [-0.1, -0.05) is 60.7 Å². The molecule has 1 aromatic heterocycles. The van der Waals surface area contributed by atoms with Gasteiger partial charge < -0.3 is 14.5 Å². The van der Waals surface area contributed by atoms with Crippen LogP contribution >= 0.6 is 0 Å². The number of aromatic nitrogens is 1. The lowest BCUT2D eigenvalue weighted by Crippen LogP contribution is -2.40. The van der Waals surface area contributed by atoms with Crippen LogP contribution in [0, 0.1) is 0 Å². The molecule has 0 radical (unpaired) electrons. The van der Waals surface area contributed by atoms with Crippen molar-refractivity contribution in [2.45, 2.75) is 32.1 Å². The Bertz CT molecular complexity index is 1280. The highest BCUT2D eigenvalue weighted by molar-refractivity contribution is 6.11. The molecule has 6 heteroatoms. The van der Waals surface area contributed by atoms with Gasteiger partial charge in [0.25, 0.3) is 0 Å². The molecule has 3 aromatic carbocycles. The Balaban J connectivity index is 1.30. The van der Waals surface area contributed by atoms with Gasteiger partial charge in [-0.05, 0) is 42.2 Å².